The summed E-state index contributed by atoms with van der Waals surface area (Å²) < 4.78 is 0. The van der Waals surface area contributed by atoms with E-state index in [0.29, 0.717) is 32.5 Å². The van der Waals surface area contributed by atoms with Gasteiger partial charge >= 0.3 is 6.03 Å². The highest BCUT2D eigenvalue weighted by molar-refractivity contribution is 6.34. The molecule has 0 atom stereocenters. The van der Waals surface area contributed by atoms with Crippen molar-refractivity contribution in [3.05, 3.63) is 111 Å². The average molecular weight is 611 g/mol. The van der Waals surface area contributed by atoms with E-state index in [4.69, 9.17) is 23.2 Å². The SMILES string of the molecule is Cc1cc(C(=O)NC(=O)Nc2ccccc2Cl)ccc1NC(=O)c1cc2ccc3c4cc(Cl)ccc4[nH]c3c2c(C)c1O. The number of phenols is 1. The van der Waals surface area contributed by atoms with Crippen LogP contribution in [0.4, 0.5) is 16.2 Å². The lowest BCUT2D eigenvalue weighted by Gasteiger charge is -2.14. The van der Waals surface area contributed by atoms with Crippen molar-refractivity contribution in [2.75, 3.05) is 10.6 Å². The molecule has 0 unspecified atom stereocenters. The molecule has 5 N–H and O–H groups in total. The van der Waals surface area contributed by atoms with Crippen LogP contribution < -0.4 is 16.0 Å². The van der Waals surface area contributed by atoms with Gasteiger partial charge in [-0.05, 0) is 79.4 Å². The zero-order chi connectivity index (χ0) is 30.4. The Labute approximate surface area is 255 Å². The van der Waals surface area contributed by atoms with Gasteiger partial charge in [-0.25, -0.2) is 4.79 Å². The second-order valence-corrected chi connectivity index (χ2v) is 11.0. The Morgan fingerprint density at radius 2 is 1.58 bits per heavy atom. The summed E-state index contributed by atoms with van der Waals surface area (Å²) in [5.74, 6) is -1.27. The second-order valence-electron chi connectivity index (χ2n) is 10.2. The molecular weight excluding hydrogens is 587 g/mol. The van der Waals surface area contributed by atoms with Crippen LogP contribution in [0.3, 0.4) is 0 Å². The van der Waals surface area contributed by atoms with Crippen LogP contribution in [-0.2, 0) is 0 Å². The van der Waals surface area contributed by atoms with Crippen molar-refractivity contribution in [3.63, 3.8) is 0 Å². The predicted molar refractivity (Wildman–Crippen MR) is 172 cm³/mol. The summed E-state index contributed by atoms with van der Waals surface area (Å²) in [6.07, 6.45) is 0. The van der Waals surface area contributed by atoms with E-state index in [-0.39, 0.29) is 16.9 Å². The molecule has 214 valence electrons. The minimum atomic E-state index is -0.733. The first-order chi connectivity index (χ1) is 20.6. The van der Waals surface area contributed by atoms with E-state index in [0.717, 1.165) is 32.6 Å². The monoisotopic (exact) mass is 610 g/mol. The number of phenolic OH excluding ortho intramolecular Hbond substituents is 1. The number of urea groups is 1. The third-order valence-corrected chi connectivity index (χ3v) is 7.95. The van der Waals surface area contributed by atoms with E-state index < -0.39 is 17.8 Å². The maximum atomic E-state index is 13.4. The number of halogens is 2. The first-order valence-corrected chi connectivity index (χ1v) is 14.0. The minimum Gasteiger partial charge on any atom is -0.507 e. The first kappa shape index (κ1) is 28.1. The molecule has 0 spiro atoms. The molecule has 1 heterocycles. The molecule has 4 amide bonds. The first-order valence-electron chi connectivity index (χ1n) is 13.3. The van der Waals surface area contributed by atoms with Gasteiger partial charge in [0.25, 0.3) is 11.8 Å². The minimum absolute atomic E-state index is 0.112. The number of benzene rings is 5. The Hall–Kier alpha value is -5.05. The van der Waals surface area contributed by atoms with Crippen molar-refractivity contribution >= 4 is 85.0 Å². The maximum absolute atomic E-state index is 13.4. The van der Waals surface area contributed by atoms with Crippen LogP contribution in [-0.4, -0.2) is 27.9 Å². The summed E-state index contributed by atoms with van der Waals surface area (Å²) in [5, 5.41) is 23.2. The van der Waals surface area contributed by atoms with Gasteiger partial charge in [0.15, 0.2) is 0 Å². The molecule has 0 bridgehead atoms. The van der Waals surface area contributed by atoms with Crippen molar-refractivity contribution in [1.82, 2.24) is 10.3 Å². The fourth-order valence-corrected chi connectivity index (χ4v) is 5.58. The average Bonchev–Trinajstić information content (AvgIpc) is 3.34. The number of aromatic hydroxyl groups is 1. The molecule has 5 aromatic carbocycles. The van der Waals surface area contributed by atoms with Crippen molar-refractivity contribution < 1.29 is 19.5 Å². The van der Waals surface area contributed by atoms with Crippen LogP contribution in [0.1, 0.15) is 31.8 Å². The molecule has 1 aromatic heterocycles. The summed E-state index contributed by atoms with van der Waals surface area (Å²) in [6.45, 7) is 3.49. The number of aryl methyl sites for hydroxylation is 2. The van der Waals surface area contributed by atoms with E-state index in [1.54, 1.807) is 56.3 Å². The third-order valence-electron chi connectivity index (χ3n) is 7.38. The fraction of sp³-hybridized carbons (Fsp3) is 0.0606. The van der Waals surface area contributed by atoms with Crippen LogP contribution >= 0.6 is 23.2 Å². The Kier molecular flexibility index (Phi) is 7.17. The standard InChI is InChI=1S/C33H24Cl2N4O4/c1-16-13-19(31(41)39-33(43)38-27-6-4-3-5-24(27)35)8-11-25(16)37-32(42)23-14-18-7-10-21-22-15-20(34)9-12-26(22)36-29(21)28(18)17(2)30(23)40/h3-15,36,40H,1-2H3,(H,37,42)(H2,38,39,41,43). The number of aromatic amines is 1. The van der Waals surface area contributed by atoms with Gasteiger partial charge in [0.2, 0.25) is 0 Å². The van der Waals surface area contributed by atoms with Crippen molar-refractivity contribution in [2.24, 2.45) is 0 Å². The molecule has 0 saturated carbocycles. The number of carbonyl (C=O) groups is 3. The smallest absolute Gasteiger partial charge is 0.326 e. The summed E-state index contributed by atoms with van der Waals surface area (Å²) in [6, 6.07) is 21.7. The van der Waals surface area contributed by atoms with Crippen molar-refractivity contribution in [1.29, 1.82) is 0 Å². The molecule has 10 heteroatoms. The number of para-hydroxylation sites is 1. The van der Waals surface area contributed by atoms with Gasteiger partial charge < -0.3 is 20.7 Å². The molecular formula is C33H24Cl2N4O4. The van der Waals surface area contributed by atoms with Crippen molar-refractivity contribution in [2.45, 2.75) is 13.8 Å². The largest absolute Gasteiger partial charge is 0.507 e. The lowest BCUT2D eigenvalue weighted by molar-refractivity contribution is 0.0966. The summed E-state index contributed by atoms with van der Waals surface area (Å²) in [4.78, 5) is 41.7. The summed E-state index contributed by atoms with van der Waals surface area (Å²) in [5.41, 5.74) is 4.06. The highest BCUT2D eigenvalue weighted by Gasteiger charge is 2.20. The van der Waals surface area contributed by atoms with Gasteiger partial charge in [-0.3, -0.25) is 14.9 Å². The second kappa shape index (κ2) is 11.0. The quantitative estimate of drug-likeness (QED) is 0.138. The zero-order valence-corrected chi connectivity index (χ0v) is 24.4. The van der Waals surface area contributed by atoms with E-state index in [1.165, 1.54) is 6.07 Å². The lowest BCUT2D eigenvalue weighted by atomic mass is 9.97. The molecule has 0 fully saturated rings. The Morgan fingerprint density at radius 1 is 0.791 bits per heavy atom. The molecule has 0 aliphatic heterocycles. The number of H-pyrrole nitrogens is 1. The number of imide groups is 1. The molecule has 6 rings (SSSR count). The van der Waals surface area contributed by atoms with Crippen LogP contribution in [0, 0.1) is 13.8 Å². The molecule has 0 aliphatic carbocycles. The number of rotatable bonds is 4. The molecule has 6 aromatic rings. The molecule has 43 heavy (non-hydrogen) atoms. The van der Waals surface area contributed by atoms with Crippen LogP contribution in [0.2, 0.25) is 10.0 Å². The molecule has 8 nitrogen and oxygen atoms in total. The number of anilines is 2. The third kappa shape index (κ3) is 5.22. The number of fused-ring (bicyclic) bond motifs is 5. The summed E-state index contributed by atoms with van der Waals surface area (Å²) >= 11 is 12.3. The zero-order valence-electron chi connectivity index (χ0n) is 22.9. The van der Waals surface area contributed by atoms with Crippen LogP contribution in [0.25, 0.3) is 32.6 Å². The number of aromatic nitrogens is 1. The maximum Gasteiger partial charge on any atom is 0.326 e. The number of nitrogens with one attached hydrogen (secondary N) is 4. The predicted octanol–water partition coefficient (Wildman–Crippen LogP) is 8.32. The van der Waals surface area contributed by atoms with Gasteiger partial charge in [-0.2, -0.15) is 0 Å². The van der Waals surface area contributed by atoms with Gasteiger partial charge in [-0.1, -0.05) is 47.5 Å². The lowest BCUT2D eigenvalue weighted by Crippen LogP contribution is -2.34. The van der Waals surface area contributed by atoms with Gasteiger partial charge in [0, 0.05) is 43.5 Å². The topological polar surface area (TPSA) is 123 Å². The molecule has 0 aliphatic rings. The Balaban J connectivity index is 1.23. The van der Waals surface area contributed by atoms with Gasteiger partial charge in [0.05, 0.1) is 21.8 Å². The Morgan fingerprint density at radius 3 is 2.35 bits per heavy atom. The van der Waals surface area contributed by atoms with E-state index in [2.05, 4.69) is 20.9 Å². The van der Waals surface area contributed by atoms with E-state index in [9.17, 15) is 19.5 Å². The van der Waals surface area contributed by atoms with Crippen molar-refractivity contribution in [3.8, 4) is 5.75 Å². The number of amides is 4. The fourth-order valence-electron chi connectivity index (χ4n) is 5.22. The van der Waals surface area contributed by atoms with E-state index in [1.807, 2.05) is 30.3 Å². The number of carbonyl (C=O) groups excluding carboxylic acids is 3. The molecule has 0 radical (unpaired) electrons. The van der Waals surface area contributed by atoms with Crippen LogP contribution in [0.15, 0.2) is 78.9 Å². The molecule has 0 saturated heterocycles. The Bertz CT molecular complexity index is 2140. The van der Waals surface area contributed by atoms with Gasteiger partial charge in [0.1, 0.15) is 5.75 Å². The number of hydrogen-bond donors (Lipinski definition) is 5. The van der Waals surface area contributed by atoms with Crippen LogP contribution in [0.5, 0.6) is 5.75 Å². The van der Waals surface area contributed by atoms with Gasteiger partial charge in [-0.15, -0.1) is 0 Å². The van der Waals surface area contributed by atoms with E-state index >= 15 is 0 Å². The number of hydrogen-bond acceptors (Lipinski definition) is 4. The summed E-state index contributed by atoms with van der Waals surface area (Å²) in [7, 11) is 0. The normalized spacial score (nSPS) is 11.2. The highest BCUT2D eigenvalue weighted by Crippen LogP contribution is 2.38. The highest BCUT2D eigenvalue weighted by atomic mass is 35.5.